The fourth-order valence-corrected chi connectivity index (χ4v) is 1.62. The van der Waals surface area contributed by atoms with Gasteiger partial charge in [0.2, 0.25) is 0 Å². The van der Waals surface area contributed by atoms with Crippen LogP contribution in [0.4, 0.5) is 0 Å². The van der Waals surface area contributed by atoms with Crippen LogP contribution in [0.25, 0.3) is 0 Å². The van der Waals surface area contributed by atoms with Crippen LogP contribution in [0.15, 0.2) is 6.08 Å². The maximum atomic E-state index is 5.34. The molecular weight excluding hydrogens is 140 g/mol. The first kappa shape index (κ1) is 10.1. The molecule has 0 fully saturated rings. The third kappa shape index (κ3) is 4.92. The highest BCUT2D eigenvalue weighted by Crippen LogP contribution is 2.17. The van der Waals surface area contributed by atoms with E-state index in [0.29, 0.717) is 0 Å². The Labute approximate surface area is 69.1 Å². The Hall–Kier alpha value is 0.0900. The molecule has 0 aromatic carbocycles. The van der Waals surface area contributed by atoms with Crippen molar-refractivity contribution in [2.24, 2.45) is 0 Å². The summed E-state index contributed by atoms with van der Waals surface area (Å²) in [7, 11) is 0. The van der Waals surface area contributed by atoms with Crippen molar-refractivity contribution in [1.29, 1.82) is 0 Å². The predicted molar refractivity (Wildman–Crippen MR) is 50.3 cm³/mol. The van der Waals surface area contributed by atoms with Gasteiger partial charge in [-0.05, 0) is 19.1 Å². The first-order valence-electron chi connectivity index (χ1n) is 3.91. The van der Waals surface area contributed by atoms with Crippen LogP contribution in [0.3, 0.4) is 0 Å². The maximum Gasteiger partial charge on any atom is 0.00788 e. The number of hydrogen-bond acceptors (Lipinski definition) is 1. The lowest BCUT2D eigenvalue weighted by molar-refractivity contribution is 0.688. The fraction of sp³-hybridized carbons (Fsp3) is 0.778. The maximum absolute atomic E-state index is 5.34. The van der Waals surface area contributed by atoms with Crippen LogP contribution in [0.2, 0.25) is 0 Å². The van der Waals surface area contributed by atoms with Crippen LogP contribution < -0.4 is 0 Å². The molecule has 1 radical (unpaired) electrons. The van der Waals surface area contributed by atoms with Gasteiger partial charge in [0.05, 0.1) is 0 Å². The van der Waals surface area contributed by atoms with Crippen LogP contribution in [0.5, 0.6) is 0 Å². The molecule has 0 aliphatic heterocycles. The predicted octanol–water partition coefficient (Wildman–Crippen LogP) is 3.29. The highest BCUT2D eigenvalue weighted by molar-refractivity contribution is 7.99. The van der Waals surface area contributed by atoms with E-state index in [9.17, 15) is 0 Å². The van der Waals surface area contributed by atoms with E-state index in [1.165, 1.54) is 19.3 Å². The van der Waals surface area contributed by atoms with E-state index in [4.69, 9.17) is 6.58 Å². The SMILES string of the molecule is [CH]=CCC(CCCC)SC. The standard InChI is InChI=1S/C9H17S/c1-4-6-8-9(10-3)7-5-2/h2,5,9H,4,6-8H2,1,3H3. The Kier molecular flexibility index (Phi) is 7.26. The number of hydrogen-bond donors (Lipinski definition) is 0. The lowest BCUT2D eigenvalue weighted by Gasteiger charge is -2.09. The zero-order valence-electron chi connectivity index (χ0n) is 6.97. The highest BCUT2D eigenvalue weighted by Gasteiger charge is 2.02. The van der Waals surface area contributed by atoms with Gasteiger partial charge in [-0.2, -0.15) is 11.8 Å². The summed E-state index contributed by atoms with van der Waals surface area (Å²) in [6, 6.07) is 0. The summed E-state index contributed by atoms with van der Waals surface area (Å²) in [4.78, 5) is 0. The molecule has 1 unspecified atom stereocenters. The summed E-state index contributed by atoms with van der Waals surface area (Å²) in [5.74, 6) is 0. The molecule has 1 atom stereocenters. The topological polar surface area (TPSA) is 0 Å². The van der Waals surface area contributed by atoms with Crippen molar-refractivity contribution in [2.45, 2.75) is 37.9 Å². The second-order valence-corrected chi connectivity index (χ2v) is 3.61. The molecule has 0 bridgehead atoms. The zero-order chi connectivity index (χ0) is 7.82. The summed E-state index contributed by atoms with van der Waals surface area (Å²) in [6.07, 6.45) is 8.92. The molecule has 0 saturated heterocycles. The van der Waals surface area contributed by atoms with Gasteiger partial charge in [0.15, 0.2) is 0 Å². The minimum absolute atomic E-state index is 0.755. The van der Waals surface area contributed by atoms with Crippen molar-refractivity contribution in [1.82, 2.24) is 0 Å². The quantitative estimate of drug-likeness (QED) is 0.570. The lowest BCUT2D eigenvalue weighted by Crippen LogP contribution is -1.99. The van der Waals surface area contributed by atoms with E-state index in [-0.39, 0.29) is 0 Å². The van der Waals surface area contributed by atoms with Gasteiger partial charge in [0.25, 0.3) is 0 Å². The molecule has 59 valence electrons. The van der Waals surface area contributed by atoms with Crippen molar-refractivity contribution >= 4 is 11.8 Å². The summed E-state index contributed by atoms with van der Waals surface area (Å²) in [5.41, 5.74) is 0. The molecule has 0 heterocycles. The molecule has 0 N–H and O–H groups in total. The molecule has 0 nitrogen and oxygen atoms in total. The third-order valence-electron chi connectivity index (χ3n) is 1.61. The molecule has 1 heteroatoms. The molecule has 0 saturated carbocycles. The fourth-order valence-electron chi connectivity index (χ4n) is 0.916. The molecule has 0 amide bonds. The first-order chi connectivity index (χ1) is 4.85. The van der Waals surface area contributed by atoms with E-state index >= 15 is 0 Å². The van der Waals surface area contributed by atoms with Gasteiger partial charge in [-0.25, -0.2) is 0 Å². The minimum Gasteiger partial charge on any atom is -0.162 e. The van der Waals surface area contributed by atoms with E-state index in [1.807, 2.05) is 11.8 Å². The lowest BCUT2D eigenvalue weighted by atomic mass is 10.1. The Morgan fingerprint density at radius 3 is 2.70 bits per heavy atom. The minimum atomic E-state index is 0.755. The van der Waals surface area contributed by atoms with Gasteiger partial charge in [-0.3, -0.25) is 0 Å². The van der Waals surface area contributed by atoms with Crippen LogP contribution in [-0.4, -0.2) is 11.5 Å². The van der Waals surface area contributed by atoms with E-state index in [1.54, 1.807) is 6.08 Å². The van der Waals surface area contributed by atoms with Gasteiger partial charge < -0.3 is 0 Å². The molecule has 0 aromatic rings. The molecule has 0 spiro atoms. The smallest absolute Gasteiger partial charge is 0.00788 e. The van der Waals surface area contributed by atoms with Crippen molar-refractivity contribution in [2.75, 3.05) is 6.26 Å². The first-order valence-corrected chi connectivity index (χ1v) is 5.20. The van der Waals surface area contributed by atoms with Crippen molar-refractivity contribution in [3.05, 3.63) is 12.7 Å². The van der Waals surface area contributed by atoms with Gasteiger partial charge >= 0.3 is 0 Å². The van der Waals surface area contributed by atoms with Crippen LogP contribution >= 0.6 is 11.8 Å². The Bertz CT molecular complexity index is 78.8. The van der Waals surface area contributed by atoms with Gasteiger partial charge in [-0.15, -0.1) is 0 Å². The highest BCUT2D eigenvalue weighted by atomic mass is 32.2. The average Bonchev–Trinajstić information content (AvgIpc) is 1.98. The van der Waals surface area contributed by atoms with E-state index in [2.05, 4.69) is 13.2 Å². The number of allylic oxidation sites excluding steroid dienone is 1. The third-order valence-corrected chi connectivity index (χ3v) is 2.71. The number of thioether (sulfide) groups is 1. The second kappa shape index (κ2) is 7.20. The molecule has 0 aromatic heterocycles. The van der Waals surface area contributed by atoms with E-state index < -0.39 is 0 Å². The summed E-state index contributed by atoms with van der Waals surface area (Å²) < 4.78 is 0. The average molecular weight is 157 g/mol. The number of rotatable bonds is 6. The van der Waals surface area contributed by atoms with Gasteiger partial charge in [-0.1, -0.05) is 32.4 Å². The van der Waals surface area contributed by atoms with Crippen molar-refractivity contribution in [3.8, 4) is 0 Å². The van der Waals surface area contributed by atoms with Crippen LogP contribution in [-0.2, 0) is 0 Å². The molecular formula is C9H17S. The second-order valence-electron chi connectivity index (χ2n) is 2.47. The summed E-state index contributed by atoms with van der Waals surface area (Å²) in [5, 5.41) is 0.755. The van der Waals surface area contributed by atoms with Crippen LogP contribution in [0.1, 0.15) is 32.6 Å². The Morgan fingerprint density at radius 1 is 1.60 bits per heavy atom. The molecule has 0 aliphatic rings. The summed E-state index contributed by atoms with van der Waals surface area (Å²) >= 11 is 1.92. The molecule has 10 heavy (non-hydrogen) atoms. The van der Waals surface area contributed by atoms with Crippen LogP contribution in [0, 0.1) is 6.58 Å². The normalized spacial score (nSPS) is 13.0. The number of unbranched alkanes of at least 4 members (excludes halogenated alkanes) is 1. The molecule has 0 rings (SSSR count). The summed E-state index contributed by atoms with van der Waals surface area (Å²) in [6.45, 7) is 7.56. The van der Waals surface area contributed by atoms with Crippen molar-refractivity contribution in [3.63, 3.8) is 0 Å². The van der Waals surface area contributed by atoms with E-state index in [0.717, 1.165) is 11.7 Å². The molecule has 0 aliphatic carbocycles. The van der Waals surface area contributed by atoms with Gasteiger partial charge in [0.1, 0.15) is 0 Å². The largest absolute Gasteiger partial charge is 0.162 e. The Morgan fingerprint density at radius 2 is 2.30 bits per heavy atom. The monoisotopic (exact) mass is 157 g/mol. The van der Waals surface area contributed by atoms with Crippen molar-refractivity contribution < 1.29 is 0 Å². The zero-order valence-corrected chi connectivity index (χ0v) is 7.79. The van der Waals surface area contributed by atoms with Gasteiger partial charge in [0, 0.05) is 5.25 Å². The Balaban J connectivity index is 3.29.